The average molecular weight is 533 g/mol. The summed E-state index contributed by atoms with van der Waals surface area (Å²) < 4.78 is 0. The topological polar surface area (TPSA) is 146 Å². The number of carbonyl (C=O) groups is 5. The molecule has 0 saturated heterocycles. The van der Waals surface area contributed by atoms with Crippen molar-refractivity contribution in [3.63, 3.8) is 0 Å². The van der Waals surface area contributed by atoms with Crippen LogP contribution in [0, 0.1) is 5.41 Å². The van der Waals surface area contributed by atoms with E-state index in [4.69, 9.17) is 5.11 Å². The van der Waals surface area contributed by atoms with Crippen LogP contribution in [0.1, 0.15) is 43.2 Å². The van der Waals surface area contributed by atoms with E-state index >= 15 is 0 Å². The molecule has 3 amide bonds. The highest BCUT2D eigenvalue weighted by atomic mass is 16.4. The molecule has 1 heterocycles. The summed E-state index contributed by atoms with van der Waals surface area (Å²) in [5.74, 6) is -3.00. The number of fused-ring (bicyclic) bond motifs is 1. The number of hydrogen-bond donors (Lipinski definition) is 3. The molecule has 0 aliphatic heterocycles. The zero-order valence-electron chi connectivity index (χ0n) is 22.1. The molecule has 0 bridgehead atoms. The molecule has 0 radical (unpaired) electrons. The van der Waals surface area contributed by atoms with Gasteiger partial charge in [0.05, 0.1) is 19.0 Å². The van der Waals surface area contributed by atoms with Crippen LogP contribution in [0.3, 0.4) is 0 Å². The lowest BCUT2D eigenvalue weighted by molar-refractivity contribution is -0.142. The first-order chi connectivity index (χ1) is 18.5. The van der Waals surface area contributed by atoms with Gasteiger partial charge in [-0.1, -0.05) is 75.4 Å². The summed E-state index contributed by atoms with van der Waals surface area (Å²) in [5, 5.41) is 15.6. The second-order valence-corrected chi connectivity index (χ2v) is 10.2. The van der Waals surface area contributed by atoms with E-state index in [0.717, 1.165) is 10.9 Å². The standard InChI is InChI=1S/C29H32N4O6/c1-29(2,3)26(32-27(38)25-22-12-8-7-11-20(22)13-14-30-25)28(39)33(16-19-9-5-4-6-10-19)17-23(35)31-21(18-34)15-24(36)37/h4-14,18,21,26H,15-17H2,1-3H3,(H,31,35)(H,32,38)(H,36,37)/t21-,26?/m0/s1. The molecule has 0 fully saturated rings. The summed E-state index contributed by atoms with van der Waals surface area (Å²) in [6, 6.07) is 15.8. The van der Waals surface area contributed by atoms with Crippen LogP contribution in [-0.4, -0.2) is 63.6 Å². The van der Waals surface area contributed by atoms with Crippen LogP contribution in [0.25, 0.3) is 10.8 Å². The SMILES string of the molecule is CC(C)(C)C(NC(=O)c1nccc2ccccc12)C(=O)N(CC(=O)N[C@H](C=O)CC(=O)O)Cc1ccccc1. The molecule has 1 unspecified atom stereocenters. The van der Waals surface area contributed by atoms with E-state index < -0.39 is 54.2 Å². The maximum atomic E-state index is 13.9. The Labute approximate surface area is 226 Å². The molecule has 3 aromatic rings. The van der Waals surface area contributed by atoms with Gasteiger partial charge in [-0.2, -0.15) is 0 Å². The molecule has 2 atom stereocenters. The fourth-order valence-electron chi connectivity index (χ4n) is 4.09. The first kappa shape index (κ1) is 29.0. The highest BCUT2D eigenvalue weighted by Crippen LogP contribution is 2.24. The monoisotopic (exact) mass is 532 g/mol. The van der Waals surface area contributed by atoms with Crippen LogP contribution >= 0.6 is 0 Å². The zero-order valence-corrected chi connectivity index (χ0v) is 22.1. The van der Waals surface area contributed by atoms with Crippen molar-refractivity contribution in [1.82, 2.24) is 20.5 Å². The largest absolute Gasteiger partial charge is 0.481 e. The molecular formula is C29H32N4O6. The molecule has 3 N–H and O–H groups in total. The number of hydrogen-bond acceptors (Lipinski definition) is 6. The highest BCUT2D eigenvalue weighted by Gasteiger charge is 2.37. The Balaban J connectivity index is 1.89. The van der Waals surface area contributed by atoms with Gasteiger partial charge >= 0.3 is 5.97 Å². The van der Waals surface area contributed by atoms with Crippen LogP contribution in [0.4, 0.5) is 0 Å². The normalized spacial score (nSPS) is 12.7. The fourth-order valence-corrected chi connectivity index (χ4v) is 4.09. The minimum absolute atomic E-state index is 0.0484. The average Bonchev–Trinajstić information content (AvgIpc) is 2.89. The maximum absolute atomic E-state index is 13.9. The van der Waals surface area contributed by atoms with Gasteiger partial charge in [0.2, 0.25) is 11.8 Å². The lowest BCUT2D eigenvalue weighted by Crippen LogP contribution is -2.56. The van der Waals surface area contributed by atoms with Gasteiger partial charge in [0, 0.05) is 18.1 Å². The second-order valence-electron chi connectivity index (χ2n) is 10.2. The van der Waals surface area contributed by atoms with E-state index in [1.165, 1.54) is 11.1 Å². The van der Waals surface area contributed by atoms with Crippen molar-refractivity contribution < 1.29 is 29.1 Å². The molecule has 2 aromatic carbocycles. The predicted octanol–water partition coefficient (Wildman–Crippen LogP) is 2.57. The van der Waals surface area contributed by atoms with E-state index in [0.29, 0.717) is 11.7 Å². The van der Waals surface area contributed by atoms with Crippen molar-refractivity contribution >= 4 is 40.7 Å². The third-order valence-electron chi connectivity index (χ3n) is 6.04. The number of nitrogens with zero attached hydrogens (tertiary/aromatic N) is 2. The number of pyridine rings is 1. The van der Waals surface area contributed by atoms with Crippen molar-refractivity contribution in [2.24, 2.45) is 5.41 Å². The quantitative estimate of drug-likeness (QED) is 0.322. The number of aromatic nitrogens is 1. The highest BCUT2D eigenvalue weighted by molar-refractivity contribution is 6.06. The number of rotatable bonds is 11. The summed E-state index contributed by atoms with van der Waals surface area (Å²) in [5.41, 5.74) is 0.160. The van der Waals surface area contributed by atoms with Crippen LogP contribution in [0.15, 0.2) is 66.9 Å². The Bertz CT molecular complexity index is 1350. The van der Waals surface area contributed by atoms with E-state index in [9.17, 15) is 24.0 Å². The van der Waals surface area contributed by atoms with E-state index in [1.807, 2.05) is 18.2 Å². The summed E-state index contributed by atoms with van der Waals surface area (Å²) >= 11 is 0. The number of carboxylic acids is 1. The number of carbonyl (C=O) groups excluding carboxylic acids is 4. The van der Waals surface area contributed by atoms with Crippen molar-refractivity contribution in [1.29, 1.82) is 0 Å². The molecular weight excluding hydrogens is 500 g/mol. The third-order valence-corrected chi connectivity index (χ3v) is 6.04. The molecule has 10 heteroatoms. The first-order valence-corrected chi connectivity index (χ1v) is 12.4. The van der Waals surface area contributed by atoms with Crippen LogP contribution < -0.4 is 10.6 Å². The number of benzene rings is 2. The van der Waals surface area contributed by atoms with Crippen molar-refractivity contribution in [3.05, 3.63) is 78.1 Å². The maximum Gasteiger partial charge on any atom is 0.305 e. The minimum atomic E-state index is -1.25. The Hall–Kier alpha value is -4.60. The minimum Gasteiger partial charge on any atom is -0.481 e. The number of aldehydes is 1. The molecule has 0 saturated carbocycles. The molecule has 1 aromatic heterocycles. The number of carboxylic acid groups (broad SMARTS) is 1. The molecule has 0 aliphatic carbocycles. The summed E-state index contributed by atoms with van der Waals surface area (Å²) in [7, 11) is 0. The lowest BCUT2D eigenvalue weighted by Gasteiger charge is -2.35. The van der Waals surface area contributed by atoms with E-state index in [2.05, 4.69) is 15.6 Å². The molecule has 10 nitrogen and oxygen atoms in total. The Morgan fingerprint density at radius 2 is 1.64 bits per heavy atom. The summed E-state index contributed by atoms with van der Waals surface area (Å²) in [4.78, 5) is 67.9. The van der Waals surface area contributed by atoms with E-state index in [-0.39, 0.29) is 12.2 Å². The fraction of sp³-hybridized carbons (Fsp3) is 0.310. The van der Waals surface area contributed by atoms with Crippen molar-refractivity contribution in [2.75, 3.05) is 6.54 Å². The van der Waals surface area contributed by atoms with Crippen molar-refractivity contribution in [2.45, 2.75) is 45.8 Å². The second kappa shape index (κ2) is 12.8. The molecule has 39 heavy (non-hydrogen) atoms. The summed E-state index contributed by atoms with van der Waals surface area (Å²) in [6.07, 6.45) is 1.28. The Morgan fingerprint density at radius 1 is 0.974 bits per heavy atom. The number of amides is 3. The van der Waals surface area contributed by atoms with Gasteiger partial charge in [-0.15, -0.1) is 0 Å². The van der Waals surface area contributed by atoms with Gasteiger partial charge in [-0.25, -0.2) is 0 Å². The van der Waals surface area contributed by atoms with Gasteiger partial charge in [0.25, 0.3) is 5.91 Å². The summed E-state index contributed by atoms with van der Waals surface area (Å²) in [6.45, 7) is 4.98. The Kier molecular flexibility index (Phi) is 9.48. The van der Waals surface area contributed by atoms with Gasteiger partial charge < -0.3 is 25.4 Å². The van der Waals surface area contributed by atoms with Gasteiger partial charge in [0.15, 0.2) is 0 Å². The first-order valence-electron chi connectivity index (χ1n) is 12.4. The van der Waals surface area contributed by atoms with Crippen molar-refractivity contribution in [3.8, 4) is 0 Å². The Morgan fingerprint density at radius 3 is 2.28 bits per heavy atom. The third kappa shape index (κ3) is 7.94. The van der Waals surface area contributed by atoms with E-state index in [1.54, 1.807) is 63.2 Å². The molecule has 0 aliphatic rings. The number of aliphatic carboxylic acids is 1. The smallest absolute Gasteiger partial charge is 0.305 e. The van der Waals surface area contributed by atoms with Gasteiger partial charge in [-0.3, -0.25) is 24.2 Å². The van der Waals surface area contributed by atoms with Crippen LogP contribution in [0.5, 0.6) is 0 Å². The lowest BCUT2D eigenvalue weighted by atomic mass is 9.85. The molecule has 3 rings (SSSR count). The number of nitrogens with one attached hydrogen (secondary N) is 2. The predicted molar refractivity (Wildman–Crippen MR) is 145 cm³/mol. The zero-order chi connectivity index (χ0) is 28.6. The molecule has 204 valence electrons. The van der Waals surface area contributed by atoms with Gasteiger partial charge in [-0.05, 0) is 22.4 Å². The van der Waals surface area contributed by atoms with Crippen LogP contribution in [-0.2, 0) is 25.7 Å². The molecule has 0 spiro atoms. The van der Waals surface area contributed by atoms with Gasteiger partial charge in [0.1, 0.15) is 18.0 Å². The van der Waals surface area contributed by atoms with Crippen LogP contribution in [0.2, 0.25) is 0 Å².